The minimum atomic E-state index is -4.32. The van der Waals surface area contributed by atoms with Gasteiger partial charge in [0, 0.05) is 12.7 Å². The van der Waals surface area contributed by atoms with Crippen LogP contribution < -0.4 is 0 Å². The molecule has 4 nitrogen and oxygen atoms in total. The van der Waals surface area contributed by atoms with E-state index in [0.717, 1.165) is 0 Å². The maximum absolute atomic E-state index is 11.7. The number of nitrogens with one attached hydrogen (secondary N) is 1. The fourth-order valence-corrected chi connectivity index (χ4v) is 1.42. The highest BCUT2D eigenvalue weighted by Gasteiger charge is 2.27. The number of H-pyrrole nitrogens is 1. The molecule has 1 rings (SSSR count). The van der Waals surface area contributed by atoms with Gasteiger partial charge in [-0.1, -0.05) is 0 Å². The van der Waals surface area contributed by atoms with E-state index in [1.54, 1.807) is 0 Å². The van der Waals surface area contributed by atoms with Gasteiger partial charge in [0.2, 0.25) is 0 Å². The summed E-state index contributed by atoms with van der Waals surface area (Å²) in [5.41, 5.74) is 0.514. The molecule has 2 N–H and O–H groups in total. The number of alkyl halides is 3. The SMILES string of the molecule is OCc1c[nH]c(=S)n1CCOCC(F)(F)F. The predicted molar refractivity (Wildman–Crippen MR) is 52.4 cm³/mol. The Balaban J connectivity index is 2.43. The number of aromatic amines is 1. The monoisotopic (exact) mass is 256 g/mol. The van der Waals surface area contributed by atoms with Crippen LogP contribution in [0.15, 0.2) is 6.20 Å². The lowest BCUT2D eigenvalue weighted by Crippen LogP contribution is -2.19. The number of imidazole rings is 1. The topological polar surface area (TPSA) is 50.2 Å². The molecule has 1 aromatic rings. The predicted octanol–water partition coefficient (Wildman–Crippen LogP) is 1.62. The molecule has 0 unspecified atom stereocenters. The lowest BCUT2D eigenvalue weighted by atomic mass is 10.5. The summed E-state index contributed by atoms with van der Waals surface area (Å²) in [6.07, 6.45) is -2.81. The lowest BCUT2D eigenvalue weighted by molar-refractivity contribution is -0.174. The molecule has 0 saturated heterocycles. The van der Waals surface area contributed by atoms with Crippen LogP contribution in [0.4, 0.5) is 13.2 Å². The molecule has 0 spiro atoms. The van der Waals surface area contributed by atoms with E-state index >= 15 is 0 Å². The number of aromatic nitrogens is 2. The zero-order valence-electron chi connectivity index (χ0n) is 8.25. The first-order valence-electron chi connectivity index (χ1n) is 4.46. The van der Waals surface area contributed by atoms with Crippen molar-refractivity contribution in [3.8, 4) is 0 Å². The molecule has 1 aromatic heterocycles. The van der Waals surface area contributed by atoms with Gasteiger partial charge in [0.05, 0.1) is 18.9 Å². The number of aliphatic hydroxyl groups excluding tert-OH is 1. The van der Waals surface area contributed by atoms with Gasteiger partial charge < -0.3 is 19.4 Å². The van der Waals surface area contributed by atoms with Crippen LogP contribution >= 0.6 is 12.2 Å². The van der Waals surface area contributed by atoms with Gasteiger partial charge in [0.1, 0.15) is 6.61 Å². The average molecular weight is 256 g/mol. The van der Waals surface area contributed by atoms with E-state index in [1.165, 1.54) is 10.8 Å². The largest absolute Gasteiger partial charge is 0.411 e. The van der Waals surface area contributed by atoms with Crippen molar-refractivity contribution in [2.75, 3.05) is 13.2 Å². The summed E-state index contributed by atoms with van der Waals surface area (Å²) in [4.78, 5) is 2.69. The molecule has 0 aliphatic carbocycles. The van der Waals surface area contributed by atoms with Gasteiger partial charge in [0.15, 0.2) is 4.77 Å². The minimum Gasteiger partial charge on any atom is -0.390 e. The quantitative estimate of drug-likeness (QED) is 0.621. The van der Waals surface area contributed by atoms with E-state index in [2.05, 4.69) is 9.72 Å². The third-order valence-corrected chi connectivity index (χ3v) is 2.18. The summed E-state index contributed by atoms with van der Waals surface area (Å²) in [6.45, 7) is -1.45. The summed E-state index contributed by atoms with van der Waals surface area (Å²) >= 11 is 4.88. The van der Waals surface area contributed by atoms with Gasteiger partial charge in [-0.15, -0.1) is 0 Å². The molecule has 8 heteroatoms. The number of halogens is 3. The summed E-state index contributed by atoms with van der Waals surface area (Å²) in [7, 11) is 0. The lowest BCUT2D eigenvalue weighted by Gasteiger charge is -2.09. The van der Waals surface area contributed by atoms with Crippen LogP contribution in [0.25, 0.3) is 0 Å². The third kappa shape index (κ3) is 3.95. The highest BCUT2D eigenvalue weighted by molar-refractivity contribution is 7.71. The molecule has 16 heavy (non-hydrogen) atoms. The second kappa shape index (κ2) is 5.46. The molecule has 0 saturated carbocycles. The van der Waals surface area contributed by atoms with Crippen LogP contribution in [0, 0.1) is 4.77 Å². The average Bonchev–Trinajstić information content (AvgIpc) is 2.53. The van der Waals surface area contributed by atoms with E-state index < -0.39 is 12.8 Å². The first kappa shape index (κ1) is 13.2. The Morgan fingerprint density at radius 1 is 1.50 bits per heavy atom. The van der Waals surface area contributed by atoms with Gasteiger partial charge in [-0.3, -0.25) is 0 Å². The number of ether oxygens (including phenoxy) is 1. The Labute approximate surface area is 94.7 Å². The summed E-state index contributed by atoms with van der Waals surface area (Å²) in [5, 5.41) is 8.91. The maximum Gasteiger partial charge on any atom is 0.411 e. The second-order valence-electron chi connectivity index (χ2n) is 3.06. The van der Waals surface area contributed by atoms with Crippen LogP contribution in [-0.4, -0.2) is 34.0 Å². The van der Waals surface area contributed by atoms with Crippen molar-refractivity contribution < 1.29 is 23.0 Å². The van der Waals surface area contributed by atoms with Crippen LogP contribution in [0.2, 0.25) is 0 Å². The number of aliphatic hydroxyl groups is 1. The van der Waals surface area contributed by atoms with Gasteiger partial charge in [-0.05, 0) is 12.2 Å². The molecular weight excluding hydrogens is 245 g/mol. The maximum atomic E-state index is 11.7. The van der Waals surface area contributed by atoms with Crippen molar-refractivity contribution in [1.82, 2.24) is 9.55 Å². The Hall–Kier alpha value is -0.860. The molecule has 0 radical (unpaired) electrons. The molecule has 92 valence electrons. The van der Waals surface area contributed by atoms with E-state index in [9.17, 15) is 13.2 Å². The van der Waals surface area contributed by atoms with E-state index in [-0.39, 0.29) is 19.8 Å². The zero-order chi connectivity index (χ0) is 12.2. The van der Waals surface area contributed by atoms with Crippen LogP contribution in [0.5, 0.6) is 0 Å². The fourth-order valence-electron chi connectivity index (χ4n) is 1.15. The van der Waals surface area contributed by atoms with Crippen molar-refractivity contribution in [3.63, 3.8) is 0 Å². The van der Waals surface area contributed by atoms with Crippen molar-refractivity contribution in [2.24, 2.45) is 0 Å². The van der Waals surface area contributed by atoms with Crippen molar-refractivity contribution in [1.29, 1.82) is 0 Å². The Morgan fingerprint density at radius 3 is 2.75 bits per heavy atom. The van der Waals surface area contributed by atoms with E-state index in [4.69, 9.17) is 17.3 Å². The standard InChI is InChI=1S/C8H11F3N2O2S/c9-8(10,11)5-15-2-1-13-6(4-14)3-12-7(13)16/h3,14H,1-2,4-5H2,(H,12,16). The number of hydrogen-bond acceptors (Lipinski definition) is 3. The van der Waals surface area contributed by atoms with Crippen molar-refractivity contribution in [3.05, 3.63) is 16.7 Å². The Kier molecular flexibility index (Phi) is 4.51. The molecule has 0 aliphatic rings. The molecule has 0 aromatic carbocycles. The number of nitrogens with zero attached hydrogens (tertiary/aromatic N) is 1. The normalized spacial score (nSPS) is 12.0. The summed E-state index contributed by atoms with van der Waals surface area (Å²) in [6, 6.07) is 0. The smallest absolute Gasteiger partial charge is 0.390 e. The first-order chi connectivity index (χ1) is 7.44. The second-order valence-corrected chi connectivity index (χ2v) is 3.45. The molecule has 1 heterocycles. The number of rotatable bonds is 5. The van der Waals surface area contributed by atoms with E-state index in [0.29, 0.717) is 10.5 Å². The number of hydrogen-bond donors (Lipinski definition) is 2. The first-order valence-corrected chi connectivity index (χ1v) is 4.87. The highest BCUT2D eigenvalue weighted by atomic mass is 32.1. The van der Waals surface area contributed by atoms with Gasteiger partial charge in [0.25, 0.3) is 0 Å². The van der Waals surface area contributed by atoms with Gasteiger partial charge >= 0.3 is 6.18 Å². The molecule has 0 bridgehead atoms. The molecule has 0 atom stereocenters. The van der Waals surface area contributed by atoms with E-state index in [1.807, 2.05) is 0 Å². The van der Waals surface area contributed by atoms with Gasteiger partial charge in [-0.25, -0.2) is 0 Å². The fraction of sp³-hybridized carbons (Fsp3) is 0.625. The van der Waals surface area contributed by atoms with Crippen molar-refractivity contribution >= 4 is 12.2 Å². The zero-order valence-corrected chi connectivity index (χ0v) is 9.07. The minimum absolute atomic E-state index is 0.112. The van der Waals surface area contributed by atoms with Crippen LogP contribution in [0.1, 0.15) is 5.69 Å². The highest BCUT2D eigenvalue weighted by Crippen LogP contribution is 2.14. The van der Waals surface area contributed by atoms with Crippen molar-refractivity contribution in [2.45, 2.75) is 19.3 Å². The Morgan fingerprint density at radius 2 is 2.19 bits per heavy atom. The summed E-state index contributed by atoms with van der Waals surface area (Å²) in [5.74, 6) is 0. The third-order valence-electron chi connectivity index (χ3n) is 1.84. The molecule has 0 fully saturated rings. The molecule has 0 aliphatic heterocycles. The summed E-state index contributed by atoms with van der Waals surface area (Å²) < 4.78 is 41.5. The molecule has 0 amide bonds. The van der Waals surface area contributed by atoms with Crippen LogP contribution in [0.3, 0.4) is 0 Å². The Bertz CT molecular complexity index is 385. The van der Waals surface area contributed by atoms with Gasteiger partial charge in [-0.2, -0.15) is 13.2 Å². The molecular formula is C8H11F3N2O2S. The van der Waals surface area contributed by atoms with Crippen LogP contribution in [-0.2, 0) is 17.9 Å².